The van der Waals surface area contributed by atoms with E-state index in [0.717, 1.165) is 55.1 Å². The Labute approximate surface area is 170 Å². The summed E-state index contributed by atoms with van der Waals surface area (Å²) in [7, 11) is 0. The Kier molecular flexibility index (Phi) is 6.05. The van der Waals surface area contributed by atoms with Crippen LogP contribution < -0.4 is 0 Å². The van der Waals surface area contributed by atoms with Crippen LogP contribution in [-0.4, -0.2) is 34.1 Å². The first-order chi connectivity index (χ1) is 13.7. The lowest BCUT2D eigenvalue weighted by Crippen LogP contribution is -2.39. The van der Waals surface area contributed by atoms with Gasteiger partial charge in [-0.15, -0.1) is 0 Å². The molecule has 0 bridgehead atoms. The number of halogens is 1. The maximum Gasteiger partial charge on any atom is 0.226 e. The van der Waals surface area contributed by atoms with Crippen LogP contribution in [0, 0.1) is 6.92 Å². The number of aryl methyl sites for hydroxylation is 1. The summed E-state index contributed by atoms with van der Waals surface area (Å²) in [6.45, 7) is 5.29. The van der Waals surface area contributed by atoms with Gasteiger partial charge in [0.1, 0.15) is 5.76 Å². The number of piperidine rings is 1. The highest BCUT2D eigenvalue weighted by Gasteiger charge is 2.23. The van der Waals surface area contributed by atoms with E-state index in [-0.39, 0.29) is 6.10 Å². The van der Waals surface area contributed by atoms with Crippen molar-refractivity contribution in [2.24, 2.45) is 0 Å². The van der Waals surface area contributed by atoms with E-state index in [0.29, 0.717) is 17.5 Å². The van der Waals surface area contributed by atoms with Crippen molar-refractivity contribution >= 4 is 11.6 Å². The van der Waals surface area contributed by atoms with Crippen molar-refractivity contribution in [1.29, 1.82) is 0 Å². The number of likely N-dealkylation sites (tertiary alicyclic amines) is 1. The number of hydrogen-bond acceptors (Lipinski definition) is 5. The minimum Gasteiger partial charge on any atom is -0.441 e. The zero-order valence-corrected chi connectivity index (χ0v) is 16.7. The van der Waals surface area contributed by atoms with Gasteiger partial charge in [-0.05, 0) is 56.1 Å². The number of rotatable bonds is 6. The number of oxazole rings is 1. The fourth-order valence-corrected chi connectivity index (χ4v) is 3.71. The van der Waals surface area contributed by atoms with Gasteiger partial charge in [-0.2, -0.15) is 0 Å². The molecule has 1 unspecified atom stereocenters. The number of benzene rings is 1. The highest BCUT2D eigenvalue weighted by Crippen LogP contribution is 2.26. The molecule has 28 heavy (non-hydrogen) atoms. The van der Waals surface area contributed by atoms with Gasteiger partial charge >= 0.3 is 0 Å². The van der Waals surface area contributed by atoms with Crippen molar-refractivity contribution < 1.29 is 9.15 Å². The van der Waals surface area contributed by atoms with Crippen molar-refractivity contribution in [3.8, 4) is 11.5 Å². The molecule has 3 heterocycles. The molecule has 1 aliphatic heterocycles. The molecule has 1 aliphatic rings. The predicted octanol–water partition coefficient (Wildman–Crippen LogP) is 4.88. The van der Waals surface area contributed by atoms with Crippen molar-refractivity contribution in [2.45, 2.75) is 39.0 Å². The van der Waals surface area contributed by atoms with Crippen molar-refractivity contribution in [3.63, 3.8) is 0 Å². The molecule has 0 spiro atoms. The first-order valence-corrected chi connectivity index (χ1v) is 10.0. The summed E-state index contributed by atoms with van der Waals surface area (Å²) in [4.78, 5) is 11.3. The summed E-state index contributed by atoms with van der Waals surface area (Å²) in [5, 5.41) is 0.680. The Hall–Kier alpha value is -2.21. The van der Waals surface area contributed by atoms with Gasteiger partial charge in [0, 0.05) is 36.1 Å². The Morgan fingerprint density at radius 3 is 3.04 bits per heavy atom. The quantitative estimate of drug-likeness (QED) is 0.593. The number of aromatic nitrogens is 2. The molecular weight excluding hydrogens is 374 g/mol. The van der Waals surface area contributed by atoms with E-state index in [2.05, 4.69) is 9.88 Å². The van der Waals surface area contributed by atoms with Gasteiger partial charge in [0.2, 0.25) is 5.89 Å². The molecule has 5 nitrogen and oxygen atoms in total. The van der Waals surface area contributed by atoms with Crippen LogP contribution in [0.5, 0.6) is 0 Å². The van der Waals surface area contributed by atoms with Crippen molar-refractivity contribution in [2.75, 3.05) is 13.1 Å². The van der Waals surface area contributed by atoms with Crippen LogP contribution in [0.4, 0.5) is 0 Å². The Morgan fingerprint density at radius 2 is 2.21 bits per heavy atom. The van der Waals surface area contributed by atoms with Gasteiger partial charge in [-0.1, -0.05) is 23.7 Å². The molecule has 0 aliphatic carbocycles. The predicted molar refractivity (Wildman–Crippen MR) is 109 cm³/mol. The summed E-state index contributed by atoms with van der Waals surface area (Å²) >= 11 is 6.09. The Balaban J connectivity index is 1.37. The summed E-state index contributed by atoms with van der Waals surface area (Å²) in [6.07, 6.45) is 6.08. The number of pyridine rings is 1. The Morgan fingerprint density at radius 1 is 1.29 bits per heavy atom. The van der Waals surface area contributed by atoms with Crippen LogP contribution >= 0.6 is 11.6 Å². The lowest BCUT2D eigenvalue weighted by molar-refractivity contribution is -0.0124. The van der Waals surface area contributed by atoms with Gasteiger partial charge in [0.05, 0.1) is 18.4 Å². The summed E-state index contributed by atoms with van der Waals surface area (Å²) in [5.41, 5.74) is 2.99. The third-order valence-electron chi connectivity index (χ3n) is 5.01. The second-order valence-electron chi connectivity index (χ2n) is 7.20. The number of hydrogen-bond donors (Lipinski definition) is 0. The van der Waals surface area contributed by atoms with Crippen LogP contribution in [0.15, 0.2) is 53.2 Å². The van der Waals surface area contributed by atoms with Crippen LogP contribution in [-0.2, 0) is 17.9 Å². The Bertz CT molecular complexity index is 913. The SMILES string of the molecule is Cc1oc(-c2cccc(Cl)c2)nc1CN1CCCC(OCc2cccnc2)C1. The summed E-state index contributed by atoms with van der Waals surface area (Å²) in [5.74, 6) is 1.48. The third-order valence-corrected chi connectivity index (χ3v) is 5.24. The fraction of sp³-hybridized carbons (Fsp3) is 0.364. The number of nitrogens with zero attached hydrogens (tertiary/aromatic N) is 3. The van der Waals surface area contributed by atoms with Gasteiger partial charge in [0.15, 0.2) is 0 Å². The van der Waals surface area contributed by atoms with E-state index in [1.165, 1.54) is 0 Å². The topological polar surface area (TPSA) is 51.4 Å². The van der Waals surface area contributed by atoms with E-state index < -0.39 is 0 Å². The molecule has 1 aromatic carbocycles. The van der Waals surface area contributed by atoms with E-state index in [9.17, 15) is 0 Å². The molecule has 0 amide bonds. The lowest BCUT2D eigenvalue weighted by Gasteiger charge is -2.32. The largest absolute Gasteiger partial charge is 0.441 e. The smallest absolute Gasteiger partial charge is 0.226 e. The zero-order valence-electron chi connectivity index (χ0n) is 16.0. The maximum atomic E-state index is 6.11. The molecular formula is C22H24ClN3O2. The van der Waals surface area contributed by atoms with Gasteiger partial charge in [-0.25, -0.2) is 4.98 Å². The highest BCUT2D eigenvalue weighted by atomic mass is 35.5. The van der Waals surface area contributed by atoms with Crippen molar-refractivity contribution in [3.05, 3.63) is 70.8 Å². The zero-order chi connectivity index (χ0) is 19.3. The first-order valence-electron chi connectivity index (χ1n) is 9.62. The molecule has 1 saturated heterocycles. The van der Waals surface area contributed by atoms with Crippen molar-refractivity contribution in [1.82, 2.24) is 14.9 Å². The first kappa shape index (κ1) is 19.1. The lowest BCUT2D eigenvalue weighted by atomic mass is 10.1. The molecule has 3 aromatic rings. The average Bonchev–Trinajstić information content (AvgIpc) is 3.08. The van der Waals surface area contributed by atoms with Crippen LogP contribution in [0.1, 0.15) is 29.9 Å². The second kappa shape index (κ2) is 8.86. The molecule has 0 radical (unpaired) electrons. The van der Waals surface area contributed by atoms with Gasteiger partial charge in [0.25, 0.3) is 0 Å². The van der Waals surface area contributed by atoms with Crippen LogP contribution in [0.25, 0.3) is 11.5 Å². The maximum absolute atomic E-state index is 6.11. The minimum atomic E-state index is 0.230. The third kappa shape index (κ3) is 4.79. The molecule has 4 rings (SSSR count). The highest BCUT2D eigenvalue weighted by molar-refractivity contribution is 6.30. The number of ether oxygens (including phenoxy) is 1. The molecule has 2 aromatic heterocycles. The van der Waals surface area contributed by atoms with Crippen LogP contribution in [0.2, 0.25) is 5.02 Å². The monoisotopic (exact) mass is 397 g/mol. The molecule has 0 N–H and O–H groups in total. The standard InChI is InChI=1S/C22H24ClN3O2/c1-16-21(25-22(28-16)18-6-2-7-19(23)11-18)14-26-10-4-8-20(13-26)27-15-17-5-3-9-24-12-17/h2-3,5-7,9,11-12,20H,4,8,10,13-15H2,1H3. The molecule has 0 saturated carbocycles. The van der Waals surface area contributed by atoms with E-state index >= 15 is 0 Å². The van der Waals surface area contributed by atoms with E-state index in [1.54, 1.807) is 6.20 Å². The van der Waals surface area contributed by atoms with Gasteiger partial charge in [-0.3, -0.25) is 9.88 Å². The van der Waals surface area contributed by atoms with Gasteiger partial charge < -0.3 is 9.15 Å². The summed E-state index contributed by atoms with van der Waals surface area (Å²) in [6, 6.07) is 11.6. The normalized spacial score (nSPS) is 17.7. The molecule has 6 heteroatoms. The van der Waals surface area contributed by atoms with Crippen LogP contribution in [0.3, 0.4) is 0 Å². The average molecular weight is 398 g/mol. The molecule has 1 fully saturated rings. The molecule has 1 atom stereocenters. The fourth-order valence-electron chi connectivity index (χ4n) is 3.52. The molecule has 146 valence electrons. The van der Waals surface area contributed by atoms with E-state index in [1.807, 2.05) is 49.5 Å². The second-order valence-corrected chi connectivity index (χ2v) is 7.64. The summed E-state index contributed by atoms with van der Waals surface area (Å²) < 4.78 is 12.0. The van der Waals surface area contributed by atoms with E-state index in [4.69, 9.17) is 25.7 Å². The minimum absolute atomic E-state index is 0.230.